The molecule has 4 aliphatic rings. The van der Waals surface area contributed by atoms with Crippen molar-refractivity contribution in [3.05, 3.63) is 0 Å². The van der Waals surface area contributed by atoms with Gasteiger partial charge in [-0.25, -0.2) is 0 Å². The van der Waals surface area contributed by atoms with E-state index < -0.39 is 0 Å². The van der Waals surface area contributed by atoms with Crippen LogP contribution in [0.1, 0.15) is 51.4 Å². The van der Waals surface area contributed by atoms with Gasteiger partial charge in [0, 0.05) is 13.7 Å². The summed E-state index contributed by atoms with van der Waals surface area (Å²) in [5, 5.41) is 6.92. The third-order valence-corrected chi connectivity index (χ3v) is 7.90. The van der Waals surface area contributed by atoms with E-state index >= 15 is 0 Å². The molecular formula is C22H44N4O. The summed E-state index contributed by atoms with van der Waals surface area (Å²) in [5.74, 6) is 0. The van der Waals surface area contributed by atoms with E-state index in [1.165, 1.54) is 104 Å². The van der Waals surface area contributed by atoms with Gasteiger partial charge in [-0.3, -0.25) is 0 Å². The number of hydrogen-bond acceptors (Lipinski definition) is 5. The summed E-state index contributed by atoms with van der Waals surface area (Å²) in [7, 11) is 4.03. The monoisotopic (exact) mass is 380 g/mol. The topological polar surface area (TPSA) is 39.8 Å². The summed E-state index contributed by atoms with van der Waals surface area (Å²) >= 11 is 0. The average molecular weight is 381 g/mol. The molecule has 0 unspecified atom stereocenters. The minimum Gasteiger partial charge on any atom is -0.383 e. The van der Waals surface area contributed by atoms with Crippen LogP contribution in [0.2, 0.25) is 0 Å². The number of piperidine rings is 4. The molecular weight excluding hydrogens is 336 g/mol. The van der Waals surface area contributed by atoms with E-state index in [4.69, 9.17) is 4.74 Å². The second-order valence-electron chi connectivity index (χ2n) is 9.64. The maximum absolute atomic E-state index is 5.13. The zero-order valence-electron chi connectivity index (χ0n) is 18.0. The van der Waals surface area contributed by atoms with Crippen LogP contribution in [0.3, 0.4) is 0 Å². The Labute approximate surface area is 167 Å². The third-order valence-electron chi connectivity index (χ3n) is 7.90. The van der Waals surface area contributed by atoms with Crippen molar-refractivity contribution < 1.29 is 4.74 Å². The molecule has 0 radical (unpaired) electrons. The van der Waals surface area contributed by atoms with Crippen molar-refractivity contribution in [1.82, 2.24) is 20.4 Å². The molecule has 0 atom stereocenters. The Morgan fingerprint density at radius 3 is 1.59 bits per heavy atom. The molecule has 0 aromatic heterocycles. The molecule has 4 heterocycles. The molecule has 4 rings (SSSR count). The van der Waals surface area contributed by atoms with Crippen LogP contribution < -0.4 is 10.6 Å². The quantitative estimate of drug-likeness (QED) is 0.785. The lowest BCUT2D eigenvalue weighted by Crippen LogP contribution is -2.46. The molecule has 0 amide bonds. The predicted molar refractivity (Wildman–Crippen MR) is 113 cm³/mol. The van der Waals surface area contributed by atoms with E-state index in [0.717, 1.165) is 18.6 Å². The van der Waals surface area contributed by atoms with Gasteiger partial charge in [0.05, 0.1) is 6.61 Å². The maximum atomic E-state index is 5.13. The minimum atomic E-state index is 0.689. The summed E-state index contributed by atoms with van der Waals surface area (Å²) in [6, 6.07) is 0. The zero-order valence-corrected chi connectivity index (χ0v) is 18.0. The highest BCUT2D eigenvalue weighted by Gasteiger charge is 2.35. The van der Waals surface area contributed by atoms with Crippen LogP contribution in [0.25, 0.3) is 0 Å². The molecule has 0 saturated carbocycles. The molecule has 4 saturated heterocycles. The van der Waals surface area contributed by atoms with Crippen molar-refractivity contribution >= 4 is 0 Å². The second-order valence-corrected chi connectivity index (χ2v) is 9.64. The van der Waals surface area contributed by atoms with Gasteiger partial charge in [-0.2, -0.15) is 0 Å². The number of nitrogens with one attached hydrogen (secondary N) is 2. The van der Waals surface area contributed by atoms with Crippen molar-refractivity contribution in [3.63, 3.8) is 0 Å². The SMILES string of the molecule is CN1CCC2(CCNCC2)CC1.COCCN1CCC2(CCNCC2)CC1. The predicted octanol–water partition coefficient (Wildman–Crippen LogP) is 2.18. The fraction of sp³-hybridized carbons (Fsp3) is 1.00. The van der Waals surface area contributed by atoms with Crippen molar-refractivity contribution in [2.45, 2.75) is 51.4 Å². The number of nitrogens with zero attached hydrogens (tertiary/aromatic N) is 2. The smallest absolute Gasteiger partial charge is 0.0589 e. The van der Waals surface area contributed by atoms with Crippen LogP contribution in [0.15, 0.2) is 0 Å². The average Bonchev–Trinajstić information content (AvgIpc) is 2.72. The molecule has 2 spiro atoms. The first-order valence-corrected chi connectivity index (χ1v) is 11.5. The van der Waals surface area contributed by atoms with E-state index in [0.29, 0.717) is 5.41 Å². The van der Waals surface area contributed by atoms with Gasteiger partial charge in [0.2, 0.25) is 0 Å². The van der Waals surface area contributed by atoms with Gasteiger partial charge in [-0.1, -0.05) is 0 Å². The van der Waals surface area contributed by atoms with Crippen molar-refractivity contribution in [2.24, 2.45) is 10.8 Å². The summed E-state index contributed by atoms with van der Waals surface area (Å²) in [6.45, 7) is 12.2. The molecule has 4 fully saturated rings. The fourth-order valence-electron chi connectivity index (χ4n) is 5.48. The van der Waals surface area contributed by atoms with Crippen molar-refractivity contribution in [1.29, 1.82) is 0 Å². The Morgan fingerprint density at radius 2 is 1.15 bits per heavy atom. The standard InChI is InChI=1S/C12H24N2O.C10H20N2/c1-15-11-10-14-8-4-12(5-9-14)2-6-13-7-3-12;1-12-8-4-10(5-9-12)2-6-11-7-3-10/h13H,2-11H2,1H3;11H,2-9H2,1H3. The van der Waals surface area contributed by atoms with E-state index in [2.05, 4.69) is 27.5 Å². The summed E-state index contributed by atoms with van der Waals surface area (Å²) in [6.07, 6.45) is 11.3. The Morgan fingerprint density at radius 1 is 0.704 bits per heavy atom. The number of rotatable bonds is 3. The zero-order chi connectivity index (χ0) is 19.0. The van der Waals surface area contributed by atoms with Crippen molar-refractivity contribution in [3.8, 4) is 0 Å². The highest BCUT2D eigenvalue weighted by Crippen LogP contribution is 2.40. The van der Waals surface area contributed by atoms with Gasteiger partial charge >= 0.3 is 0 Å². The van der Waals surface area contributed by atoms with E-state index in [-0.39, 0.29) is 0 Å². The van der Waals surface area contributed by atoms with Crippen LogP contribution in [-0.4, -0.2) is 89.5 Å². The van der Waals surface area contributed by atoms with Crippen LogP contribution in [0.5, 0.6) is 0 Å². The first-order valence-electron chi connectivity index (χ1n) is 11.5. The summed E-state index contributed by atoms with van der Waals surface area (Å²) < 4.78 is 5.13. The first kappa shape index (κ1) is 21.5. The summed E-state index contributed by atoms with van der Waals surface area (Å²) in [4.78, 5) is 5.02. The Balaban J connectivity index is 0.000000159. The largest absolute Gasteiger partial charge is 0.383 e. The third kappa shape index (κ3) is 6.40. The molecule has 27 heavy (non-hydrogen) atoms. The molecule has 0 aromatic rings. The van der Waals surface area contributed by atoms with Gasteiger partial charge in [-0.15, -0.1) is 0 Å². The van der Waals surface area contributed by atoms with Gasteiger partial charge in [0.15, 0.2) is 0 Å². The van der Waals surface area contributed by atoms with Crippen LogP contribution in [-0.2, 0) is 4.74 Å². The van der Waals surface area contributed by atoms with Crippen LogP contribution >= 0.6 is 0 Å². The van der Waals surface area contributed by atoms with E-state index in [9.17, 15) is 0 Å². The molecule has 4 aliphatic heterocycles. The van der Waals surface area contributed by atoms with Gasteiger partial charge in [-0.05, 0) is 122 Å². The van der Waals surface area contributed by atoms with Crippen LogP contribution in [0, 0.1) is 10.8 Å². The molecule has 5 nitrogen and oxygen atoms in total. The summed E-state index contributed by atoms with van der Waals surface area (Å²) in [5.41, 5.74) is 1.42. The highest BCUT2D eigenvalue weighted by atomic mass is 16.5. The van der Waals surface area contributed by atoms with Gasteiger partial charge in [0.1, 0.15) is 0 Å². The fourth-order valence-corrected chi connectivity index (χ4v) is 5.48. The Kier molecular flexibility index (Phi) is 8.40. The lowest BCUT2D eigenvalue weighted by Gasteiger charge is -2.44. The molecule has 5 heteroatoms. The molecule has 158 valence electrons. The molecule has 2 N–H and O–H groups in total. The number of likely N-dealkylation sites (tertiary alicyclic amines) is 2. The lowest BCUT2D eigenvalue weighted by molar-refractivity contribution is 0.0575. The van der Waals surface area contributed by atoms with Gasteiger partial charge in [0.25, 0.3) is 0 Å². The van der Waals surface area contributed by atoms with Gasteiger partial charge < -0.3 is 25.2 Å². The minimum absolute atomic E-state index is 0.689. The maximum Gasteiger partial charge on any atom is 0.0589 e. The Bertz CT molecular complexity index is 399. The number of ether oxygens (including phenoxy) is 1. The normalized spacial score (nSPS) is 28.7. The number of methoxy groups -OCH3 is 1. The first-order chi connectivity index (χ1) is 13.2. The van der Waals surface area contributed by atoms with E-state index in [1.54, 1.807) is 7.11 Å². The van der Waals surface area contributed by atoms with Crippen molar-refractivity contribution in [2.75, 3.05) is 79.7 Å². The second kappa shape index (κ2) is 10.5. The highest BCUT2D eigenvalue weighted by molar-refractivity contribution is 4.90. The van der Waals surface area contributed by atoms with Crippen LogP contribution in [0.4, 0.5) is 0 Å². The van der Waals surface area contributed by atoms with E-state index in [1.807, 2.05) is 0 Å². The molecule has 0 aromatic carbocycles. The number of hydrogen-bond donors (Lipinski definition) is 2. The Hall–Kier alpha value is -0.200. The molecule has 0 bridgehead atoms. The molecule has 0 aliphatic carbocycles. The lowest BCUT2D eigenvalue weighted by atomic mass is 9.71.